The largest absolute Gasteiger partial charge is 0.480 e. The molecule has 2 aliphatic carbocycles. The standard InChI is InChI=1S/C14H24N2O3/c1-10-4-6-14(9-15,7-5-10)13(19)16(8-12(17)18)11-2-3-11/h10-11H,2-9,15H2,1H3,(H,17,18). The summed E-state index contributed by atoms with van der Waals surface area (Å²) in [5.74, 6) is -0.315. The molecule has 0 radical (unpaired) electrons. The van der Waals surface area contributed by atoms with Gasteiger partial charge in [0, 0.05) is 12.6 Å². The lowest BCUT2D eigenvalue weighted by Gasteiger charge is -2.40. The molecule has 2 rings (SSSR count). The van der Waals surface area contributed by atoms with Crippen LogP contribution in [0.3, 0.4) is 0 Å². The minimum atomic E-state index is -0.934. The molecule has 0 heterocycles. The Labute approximate surface area is 114 Å². The SMILES string of the molecule is CC1CCC(CN)(C(=O)N(CC(=O)O)C2CC2)CC1. The van der Waals surface area contributed by atoms with Crippen LogP contribution in [0.1, 0.15) is 45.4 Å². The minimum Gasteiger partial charge on any atom is -0.480 e. The number of nitrogens with zero attached hydrogens (tertiary/aromatic N) is 1. The number of hydrogen-bond acceptors (Lipinski definition) is 3. The molecule has 1 amide bonds. The third-order valence-electron chi connectivity index (χ3n) is 4.63. The van der Waals surface area contributed by atoms with Crippen molar-refractivity contribution in [3.63, 3.8) is 0 Å². The van der Waals surface area contributed by atoms with Crippen molar-refractivity contribution in [2.45, 2.75) is 51.5 Å². The van der Waals surface area contributed by atoms with E-state index in [0.29, 0.717) is 12.5 Å². The Morgan fingerprint density at radius 3 is 2.26 bits per heavy atom. The molecular formula is C14H24N2O3. The number of rotatable bonds is 5. The summed E-state index contributed by atoms with van der Waals surface area (Å²) in [5, 5.41) is 8.98. The van der Waals surface area contributed by atoms with Gasteiger partial charge in [-0.1, -0.05) is 6.92 Å². The number of aliphatic carboxylic acids is 1. The average Bonchev–Trinajstić information content (AvgIpc) is 3.21. The highest BCUT2D eigenvalue weighted by Gasteiger charge is 2.46. The molecule has 2 fully saturated rings. The van der Waals surface area contributed by atoms with Crippen molar-refractivity contribution in [3.8, 4) is 0 Å². The third kappa shape index (κ3) is 3.08. The number of carboxylic acid groups (broad SMARTS) is 1. The number of carbonyl (C=O) groups is 2. The molecule has 108 valence electrons. The highest BCUT2D eigenvalue weighted by Crippen LogP contribution is 2.41. The molecule has 5 nitrogen and oxygen atoms in total. The summed E-state index contributed by atoms with van der Waals surface area (Å²) < 4.78 is 0. The van der Waals surface area contributed by atoms with Crippen molar-refractivity contribution in [3.05, 3.63) is 0 Å². The highest BCUT2D eigenvalue weighted by atomic mass is 16.4. The van der Waals surface area contributed by atoms with Crippen LogP contribution in [0.4, 0.5) is 0 Å². The Hall–Kier alpha value is -1.10. The number of nitrogens with two attached hydrogens (primary N) is 1. The molecule has 0 bridgehead atoms. The average molecular weight is 268 g/mol. The van der Waals surface area contributed by atoms with Crippen molar-refractivity contribution in [2.24, 2.45) is 17.1 Å². The van der Waals surface area contributed by atoms with Gasteiger partial charge in [0.05, 0.1) is 5.41 Å². The van der Waals surface area contributed by atoms with E-state index in [2.05, 4.69) is 6.92 Å². The lowest BCUT2D eigenvalue weighted by atomic mass is 9.70. The fraction of sp³-hybridized carbons (Fsp3) is 0.857. The Bertz CT molecular complexity index is 358. The van der Waals surface area contributed by atoms with Crippen molar-refractivity contribution < 1.29 is 14.7 Å². The van der Waals surface area contributed by atoms with Crippen LogP contribution in [0.15, 0.2) is 0 Å². The minimum absolute atomic E-state index is 0.0215. The number of carbonyl (C=O) groups excluding carboxylic acids is 1. The molecule has 3 N–H and O–H groups in total. The van der Waals surface area contributed by atoms with E-state index in [4.69, 9.17) is 10.8 Å². The molecule has 0 saturated heterocycles. The first-order chi connectivity index (χ1) is 8.98. The lowest BCUT2D eigenvalue weighted by Crippen LogP contribution is -2.51. The summed E-state index contributed by atoms with van der Waals surface area (Å²) in [6, 6.07) is 0.131. The van der Waals surface area contributed by atoms with Gasteiger partial charge in [-0.05, 0) is 44.4 Å². The zero-order chi connectivity index (χ0) is 14.0. The maximum atomic E-state index is 12.8. The summed E-state index contributed by atoms with van der Waals surface area (Å²) >= 11 is 0. The highest BCUT2D eigenvalue weighted by molar-refractivity contribution is 5.87. The van der Waals surface area contributed by atoms with Crippen LogP contribution < -0.4 is 5.73 Å². The number of amides is 1. The second kappa shape index (κ2) is 5.49. The lowest BCUT2D eigenvalue weighted by molar-refractivity contribution is -0.151. The van der Waals surface area contributed by atoms with Gasteiger partial charge in [0.1, 0.15) is 6.54 Å². The van der Waals surface area contributed by atoms with E-state index in [1.165, 1.54) is 0 Å². The van der Waals surface area contributed by atoms with Crippen LogP contribution >= 0.6 is 0 Å². The van der Waals surface area contributed by atoms with Crippen molar-refractivity contribution in [1.29, 1.82) is 0 Å². The van der Waals surface area contributed by atoms with E-state index in [-0.39, 0.29) is 18.5 Å². The monoisotopic (exact) mass is 268 g/mol. The predicted molar refractivity (Wildman–Crippen MR) is 71.5 cm³/mol. The normalized spacial score (nSPS) is 30.9. The van der Waals surface area contributed by atoms with E-state index >= 15 is 0 Å². The quantitative estimate of drug-likeness (QED) is 0.785. The first-order valence-electron chi connectivity index (χ1n) is 7.21. The molecule has 0 aromatic heterocycles. The van der Waals surface area contributed by atoms with Crippen LogP contribution in [0.5, 0.6) is 0 Å². The van der Waals surface area contributed by atoms with Gasteiger partial charge in [0.25, 0.3) is 0 Å². The molecule has 0 unspecified atom stereocenters. The summed E-state index contributed by atoms with van der Waals surface area (Å²) in [6.45, 7) is 2.35. The van der Waals surface area contributed by atoms with Gasteiger partial charge in [0.15, 0.2) is 0 Å². The first-order valence-corrected chi connectivity index (χ1v) is 7.21. The van der Waals surface area contributed by atoms with Crippen LogP contribution in [0, 0.1) is 11.3 Å². The van der Waals surface area contributed by atoms with Gasteiger partial charge >= 0.3 is 5.97 Å². The van der Waals surface area contributed by atoms with Gasteiger partial charge in [-0.2, -0.15) is 0 Å². The summed E-state index contributed by atoms with van der Waals surface area (Å²) in [7, 11) is 0. The fourth-order valence-electron chi connectivity index (χ4n) is 3.02. The molecule has 0 spiro atoms. The molecule has 5 heteroatoms. The van der Waals surface area contributed by atoms with Crippen LogP contribution in [-0.4, -0.2) is 41.0 Å². The second-order valence-corrected chi connectivity index (χ2v) is 6.22. The number of carboxylic acids is 1. The molecule has 2 aliphatic rings. The van der Waals surface area contributed by atoms with Gasteiger partial charge in [-0.15, -0.1) is 0 Å². The van der Waals surface area contributed by atoms with Crippen molar-refractivity contribution in [2.75, 3.05) is 13.1 Å². The number of hydrogen-bond donors (Lipinski definition) is 2. The Morgan fingerprint density at radius 1 is 1.26 bits per heavy atom. The van der Waals surface area contributed by atoms with E-state index in [1.807, 2.05) is 0 Å². The van der Waals surface area contributed by atoms with E-state index < -0.39 is 11.4 Å². The molecule has 0 aromatic carbocycles. The zero-order valence-corrected chi connectivity index (χ0v) is 11.6. The Balaban J connectivity index is 2.11. The summed E-state index contributed by atoms with van der Waals surface area (Å²) in [5.41, 5.74) is 5.37. The molecule has 2 saturated carbocycles. The maximum Gasteiger partial charge on any atom is 0.323 e. The maximum absolute atomic E-state index is 12.8. The Kier molecular flexibility index (Phi) is 4.13. The first kappa shape index (κ1) is 14.3. The van der Waals surface area contributed by atoms with Crippen molar-refractivity contribution in [1.82, 2.24) is 4.90 Å². The van der Waals surface area contributed by atoms with Crippen LogP contribution in [0.2, 0.25) is 0 Å². The van der Waals surface area contributed by atoms with Crippen molar-refractivity contribution >= 4 is 11.9 Å². The van der Waals surface area contributed by atoms with Gasteiger partial charge in [-0.3, -0.25) is 9.59 Å². The fourth-order valence-corrected chi connectivity index (χ4v) is 3.02. The predicted octanol–water partition coefficient (Wildman–Crippen LogP) is 1.22. The molecule has 0 aromatic rings. The third-order valence-corrected chi connectivity index (χ3v) is 4.63. The van der Waals surface area contributed by atoms with Gasteiger partial charge in [-0.25, -0.2) is 0 Å². The van der Waals surface area contributed by atoms with E-state index in [0.717, 1.165) is 38.5 Å². The topological polar surface area (TPSA) is 83.6 Å². The summed E-state index contributed by atoms with van der Waals surface area (Å²) in [4.78, 5) is 25.3. The van der Waals surface area contributed by atoms with Gasteiger partial charge < -0.3 is 15.7 Å². The molecule has 0 atom stereocenters. The molecule has 0 aliphatic heterocycles. The van der Waals surface area contributed by atoms with Crippen LogP contribution in [0.25, 0.3) is 0 Å². The van der Waals surface area contributed by atoms with E-state index in [9.17, 15) is 9.59 Å². The molecule has 19 heavy (non-hydrogen) atoms. The van der Waals surface area contributed by atoms with Crippen LogP contribution in [-0.2, 0) is 9.59 Å². The van der Waals surface area contributed by atoms with E-state index in [1.54, 1.807) is 4.90 Å². The van der Waals surface area contributed by atoms with Gasteiger partial charge in [0.2, 0.25) is 5.91 Å². The zero-order valence-electron chi connectivity index (χ0n) is 11.6. The Morgan fingerprint density at radius 2 is 1.84 bits per heavy atom. The molecular weight excluding hydrogens is 244 g/mol. The second-order valence-electron chi connectivity index (χ2n) is 6.22. The smallest absolute Gasteiger partial charge is 0.323 e. The summed E-state index contributed by atoms with van der Waals surface area (Å²) in [6.07, 6.45) is 5.47.